The van der Waals surface area contributed by atoms with Crippen LogP contribution in [0, 0.1) is 6.92 Å². The van der Waals surface area contributed by atoms with Gasteiger partial charge in [0.1, 0.15) is 16.7 Å². The molecule has 7 heteroatoms. The van der Waals surface area contributed by atoms with Crippen LogP contribution in [0.3, 0.4) is 0 Å². The van der Waals surface area contributed by atoms with Crippen molar-refractivity contribution in [2.75, 3.05) is 14.7 Å². The van der Waals surface area contributed by atoms with Crippen LogP contribution in [0.5, 0.6) is 0 Å². The lowest BCUT2D eigenvalue weighted by atomic mass is 9.35. The summed E-state index contributed by atoms with van der Waals surface area (Å²) in [6.45, 7) is 22.5. The summed E-state index contributed by atoms with van der Waals surface area (Å²) in [4.78, 5) is 9.83. The van der Waals surface area contributed by atoms with Crippen LogP contribution in [0.15, 0.2) is 237 Å². The molecule has 0 atom stereocenters. The summed E-state index contributed by atoms with van der Waals surface area (Å²) >= 11 is 1.81. The molecule has 2 aliphatic rings. The number of nitrogens with zero attached hydrogens (tertiary/aromatic N) is 3. The molecule has 0 saturated heterocycles. The molecule has 2 aliphatic heterocycles. The van der Waals surface area contributed by atoms with E-state index in [9.17, 15) is 0 Å². The number of hydrogen-bond donors (Lipinski definition) is 0. The predicted molar refractivity (Wildman–Crippen MR) is 349 cm³/mol. The lowest BCUT2D eigenvalue weighted by Crippen LogP contribution is -2.61. The van der Waals surface area contributed by atoms with Gasteiger partial charge in [0, 0.05) is 60.3 Å². The van der Waals surface area contributed by atoms with Gasteiger partial charge in [0.2, 0.25) is 0 Å². The molecule has 0 aliphatic carbocycles. The van der Waals surface area contributed by atoms with Crippen molar-refractivity contribution in [3.8, 4) is 11.1 Å². The van der Waals surface area contributed by atoms with Crippen molar-refractivity contribution >= 4 is 119 Å². The van der Waals surface area contributed by atoms with Crippen molar-refractivity contribution in [1.82, 2.24) is 0 Å². The average molecular weight is 1080 g/mol. The monoisotopic (exact) mass is 1080 g/mol. The molecule has 0 bridgehead atoms. The normalized spacial score (nSPS) is 13.2. The van der Waals surface area contributed by atoms with Gasteiger partial charge in [0.25, 0.3) is 6.71 Å². The van der Waals surface area contributed by atoms with E-state index in [1.807, 2.05) is 11.8 Å². The first kappa shape index (κ1) is 51.5. The summed E-state index contributed by atoms with van der Waals surface area (Å²) < 4.78 is 14.3. The van der Waals surface area contributed by atoms with Crippen LogP contribution in [0.2, 0.25) is 0 Å². The van der Waals surface area contributed by atoms with Crippen molar-refractivity contribution in [2.24, 2.45) is 0 Å². The number of aryl methyl sites for hydroxylation is 1. The van der Waals surface area contributed by atoms with Crippen molar-refractivity contribution in [1.29, 1.82) is 0 Å². The number of anilines is 9. The van der Waals surface area contributed by atoms with Crippen LogP contribution >= 0.6 is 11.8 Å². The lowest BCUT2D eigenvalue weighted by molar-refractivity contribution is 0.590. The fourth-order valence-electron chi connectivity index (χ4n) is 12.5. The number of rotatable bonds is 8. The Kier molecular flexibility index (Phi) is 12.1. The number of benzene rings is 10. The number of hydrogen-bond acceptors (Lipinski definition) is 6. The molecule has 10 aromatic carbocycles. The van der Waals surface area contributed by atoms with E-state index in [2.05, 4.69) is 302 Å². The lowest BCUT2D eigenvalue weighted by Gasteiger charge is -2.43. The molecule has 5 nitrogen and oxygen atoms in total. The number of para-hydroxylation sites is 2. The van der Waals surface area contributed by atoms with E-state index in [1.54, 1.807) is 0 Å². The van der Waals surface area contributed by atoms with Gasteiger partial charge >= 0.3 is 0 Å². The van der Waals surface area contributed by atoms with E-state index >= 15 is 0 Å². The van der Waals surface area contributed by atoms with E-state index in [-0.39, 0.29) is 23.0 Å². The highest BCUT2D eigenvalue weighted by Gasteiger charge is 2.48. The molecule has 2 aromatic heterocycles. The Morgan fingerprint density at radius 3 is 1.77 bits per heavy atom. The summed E-state index contributed by atoms with van der Waals surface area (Å²) in [5.41, 5.74) is 22.7. The van der Waals surface area contributed by atoms with Crippen LogP contribution in [-0.2, 0) is 16.2 Å². The molecule has 82 heavy (non-hydrogen) atoms. The summed E-state index contributed by atoms with van der Waals surface area (Å²) in [7, 11) is 0. The Hall–Kier alpha value is -8.65. The molecule has 4 heterocycles. The molecule has 402 valence electrons. The largest absolute Gasteiger partial charge is 0.468 e. The van der Waals surface area contributed by atoms with Crippen molar-refractivity contribution < 1.29 is 8.83 Å². The fourth-order valence-corrected chi connectivity index (χ4v) is 13.4. The Balaban J connectivity index is 1.10. The first-order valence-electron chi connectivity index (χ1n) is 28.8. The van der Waals surface area contributed by atoms with Crippen LogP contribution in [0.4, 0.5) is 51.2 Å². The molecule has 0 amide bonds. The zero-order valence-electron chi connectivity index (χ0n) is 48.4. The summed E-state index contributed by atoms with van der Waals surface area (Å²) in [6.07, 6.45) is 0. The van der Waals surface area contributed by atoms with Gasteiger partial charge in [-0.25, -0.2) is 0 Å². The van der Waals surface area contributed by atoms with Gasteiger partial charge in [0.15, 0.2) is 0 Å². The Morgan fingerprint density at radius 1 is 0.439 bits per heavy atom. The maximum atomic E-state index is 7.52. The van der Waals surface area contributed by atoms with E-state index in [4.69, 9.17) is 8.83 Å². The second kappa shape index (κ2) is 19.2. The van der Waals surface area contributed by atoms with Gasteiger partial charge < -0.3 is 23.5 Å². The van der Waals surface area contributed by atoms with Crippen molar-refractivity contribution in [3.05, 3.63) is 241 Å². The van der Waals surface area contributed by atoms with Gasteiger partial charge in [0.05, 0.1) is 28.1 Å². The molecule has 0 spiro atoms. The SMILES string of the molecule is Cc1ccc(Sc2cc3c4c(c2)N(c2cccc5oc6ccccc6c25)c2cc(N(c5ccc(C(C)(C)C)cc5)c5ccccc5-c5ccccc5)ccc2B4c2oc4ccc(C(C)(C)C)cc4c2N3c2ccc(C(C)(C)C)cc2)cc1. The topological polar surface area (TPSA) is 36.0 Å². The van der Waals surface area contributed by atoms with E-state index in [1.165, 1.54) is 32.6 Å². The Bertz CT molecular complexity index is 4440. The van der Waals surface area contributed by atoms with Gasteiger partial charge in [-0.1, -0.05) is 201 Å². The molecule has 0 saturated carbocycles. The number of fused-ring (bicyclic) bond motifs is 9. The van der Waals surface area contributed by atoms with Crippen LogP contribution in [0.1, 0.15) is 84.6 Å². The second-order valence-electron chi connectivity index (χ2n) is 25.5. The fraction of sp³-hybridized carbons (Fsp3) is 0.173. The average Bonchev–Trinajstić information content (AvgIpc) is 1.80. The molecule has 0 N–H and O–H groups in total. The Morgan fingerprint density at radius 2 is 1.05 bits per heavy atom. The summed E-state index contributed by atoms with van der Waals surface area (Å²) in [5.74, 6) is 0. The van der Waals surface area contributed by atoms with Crippen molar-refractivity contribution in [2.45, 2.75) is 95.3 Å². The van der Waals surface area contributed by atoms with Gasteiger partial charge in [-0.15, -0.1) is 0 Å². The van der Waals surface area contributed by atoms with E-state index < -0.39 is 0 Å². The highest BCUT2D eigenvalue weighted by molar-refractivity contribution is 7.99. The minimum atomic E-state index is -0.286. The molecule has 12 aromatic rings. The zero-order chi connectivity index (χ0) is 56.4. The summed E-state index contributed by atoms with van der Waals surface area (Å²) in [5, 5.41) is 3.23. The second-order valence-corrected chi connectivity index (χ2v) is 26.6. The smallest absolute Gasteiger partial charge is 0.297 e. The van der Waals surface area contributed by atoms with Gasteiger partial charge in [-0.2, -0.15) is 0 Å². The summed E-state index contributed by atoms with van der Waals surface area (Å²) in [6, 6.07) is 80.9. The van der Waals surface area contributed by atoms with Crippen molar-refractivity contribution in [3.63, 3.8) is 0 Å². The minimum absolute atomic E-state index is 0.0198. The third-order valence-corrected chi connectivity index (χ3v) is 17.8. The first-order chi connectivity index (χ1) is 39.5. The zero-order valence-corrected chi connectivity index (χ0v) is 49.2. The van der Waals surface area contributed by atoms with Crippen LogP contribution < -0.4 is 31.3 Å². The third-order valence-electron chi connectivity index (χ3n) is 16.8. The molecule has 0 fully saturated rings. The molecule has 0 unspecified atom stereocenters. The third kappa shape index (κ3) is 8.71. The molecular weight excluding hydrogens is 1020 g/mol. The number of furan rings is 2. The molecule has 14 rings (SSSR count). The first-order valence-corrected chi connectivity index (χ1v) is 29.6. The van der Waals surface area contributed by atoms with Crippen LogP contribution in [-0.4, -0.2) is 6.71 Å². The van der Waals surface area contributed by atoms with Gasteiger partial charge in [-0.3, -0.25) is 0 Å². The highest BCUT2D eigenvalue weighted by atomic mass is 32.2. The highest BCUT2D eigenvalue weighted by Crippen LogP contribution is 2.52. The van der Waals surface area contributed by atoms with E-state index in [0.29, 0.717) is 0 Å². The maximum Gasteiger partial charge on any atom is 0.297 e. The minimum Gasteiger partial charge on any atom is -0.468 e. The van der Waals surface area contributed by atoms with Crippen LogP contribution in [0.25, 0.3) is 44.0 Å². The molecular formula is C75H66BN3O2S. The Labute approximate surface area is 486 Å². The molecule has 0 radical (unpaired) electrons. The van der Waals surface area contributed by atoms with Gasteiger partial charge in [-0.05, 0) is 153 Å². The van der Waals surface area contributed by atoms with E-state index in [0.717, 1.165) is 111 Å². The standard InChI is InChI=1S/C75H66BN3O2S/c1-47-27-39-55(40-28-47)82-56-45-64-70-65(46-56)79(62-24-18-26-68-69(62)58-22-15-17-25-66(58)80-68)63-44-54(77(52-34-29-49(30-35-52)73(2,3)4)61-23-16-14-21-57(61)48-19-12-11-13-20-48)38-41-60(63)76(70)72-71(59-43-51(75(8,9)10)33-42-67(59)81-72)78(64)53-36-31-50(32-37-53)74(5,6)7/h11-46H,1-10H3. The predicted octanol–water partition coefficient (Wildman–Crippen LogP) is 19.9. The maximum absolute atomic E-state index is 7.52. The quantitative estimate of drug-likeness (QED) is 0.141.